The first-order chi connectivity index (χ1) is 21.0. The minimum absolute atomic E-state index is 0.0421. The summed E-state index contributed by atoms with van der Waals surface area (Å²) in [6, 6.07) is 13.8. The van der Waals surface area contributed by atoms with E-state index in [1.54, 1.807) is 19.9 Å². The fourth-order valence-electron chi connectivity index (χ4n) is 5.74. The van der Waals surface area contributed by atoms with E-state index in [1.165, 1.54) is 19.2 Å². The molecule has 4 rings (SSSR count). The van der Waals surface area contributed by atoms with Gasteiger partial charge in [-0.2, -0.15) is 26.3 Å². The SMILES string of the molecule is Cc1cc(F)ccc1[C@@H]1CN(C(C)C(=O)OCc2ccccc2)CC[C@H]1C(=O)N(C)Cc1cc(C(F)(F)F)cc(C(F)(F)F)c1. The number of aryl methyl sites for hydroxylation is 1. The first-order valence-corrected chi connectivity index (χ1v) is 14.3. The maximum atomic E-state index is 14.0. The molecule has 1 fully saturated rings. The van der Waals surface area contributed by atoms with Crippen LogP contribution in [0.1, 0.15) is 52.6 Å². The van der Waals surface area contributed by atoms with Gasteiger partial charge in [0.05, 0.1) is 11.1 Å². The Kier molecular flexibility index (Phi) is 10.3. The molecule has 1 aliphatic rings. The Morgan fingerprint density at radius 1 is 0.933 bits per heavy atom. The second-order valence-corrected chi connectivity index (χ2v) is 11.4. The fraction of sp³-hybridized carbons (Fsp3) is 0.394. The monoisotopic (exact) mass is 638 g/mol. The van der Waals surface area contributed by atoms with Crippen molar-refractivity contribution in [2.24, 2.45) is 5.92 Å². The van der Waals surface area contributed by atoms with Gasteiger partial charge in [0.25, 0.3) is 0 Å². The van der Waals surface area contributed by atoms with Gasteiger partial charge in [0.15, 0.2) is 0 Å². The van der Waals surface area contributed by atoms with Gasteiger partial charge in [-0.15, -0.1) is 0 Å². The van der Waals surface area contributed by atoms with E-state index in [0.29, 0.717) is 29.8 Å². The molecule has 0 aliphatic carbocycles. The Bertz CT molecular complexity index is 1480. The molecule has 0 bridgehead atoms. The number of benzene rings is 3. The molecule has 5 nitrogen and oxygen atoms in total. The number of carbonyl (C=O) groups excluding carboxylic acids is 2. The number of carbonyl (C=O) groups is 2. The smallest absolute Gasteiger partial charge is 0.416 e. The van der Waals surface area contributed by atoms with Gasteiger partial charge in [-0.1, -0.05) is 36.4 Å². The summed E-state index contributed by atoms with van der Waals surface area (Å²) in [6.07, 6.45) is -9.80. The molecule has 3 aromatic rings. The number of rotatable bonds is 8. The van der Waals surface area contributed by atoms with Crippen LogP contribution >= 0.6 is 0 Å². The van der Waals surface area contributed by atoms with Crippen LogP contribution in [0.15, 0.2) is 66.7 Å². The van der Waals surface area contributed by atoms with E-state index in [1.807, 2.05) is 35.2 Å². The highest BCUT2D eigenvalue weighted by molar-refractivity contribution is 5.80. The third-order valence-electron chi connectivity index (χ3n) is 8.15. The predicted molar refractivity (Wildman–Crippen MR) is 152 cm³/mol. The Hall–Kier alpha value is -3.93. The van der Waals surface area contributed by atoms with Crippen molar-refractivity contribution in [2.45, 2.75) is 57.7 Å². The van der Waals surface area contributed by atoms with E-state index in [0.717, 1.165) is 10.5 Å². The van der Waals surface area contributed by atoms with E-state index < -0.39 is 65.6 Å². The van der Waals surface area contributed by atoms with Crippen LogP contribution in [0.5, 0.6) is 0 Å². The Morgan fingerprint density at radius 2 is 1.56 bits per heavy atom. The molecule has 0 radical (unpaired) electrons. The molecule has 0 aromatic heterocycles. The van der Waals surface area contributed by atoms with Crippen molar-refractivity contribution >= 4 is 11.9 Å². The zero-order chi connectivity index (χ0) is 33.1. The van der Waals surface area contributed by atoms with Crippen molar-refractivity contribution in [1.82, 2.24) is 9.80 Å². The van der Waals surface area contributed by atoms with Crippen LogP contribution in [0, 0.1) is 18.7 Å². The van der Waals surface area contributed by atoms with Crippen molar-refractivity contribution in [3.05, 3.63) is 106 Å². The molecule has 3 aromatic carbocycles. The van der Waals surface area contributed by atoms with Gasteiger partial charge in [-0.25, -0.2) is 4.39 Å². The first kappa shape index (κ1) is 34.0. The normalized spacial score (nSPS) is 18.4. The van der Waals surface area contributed by atoms with Crippen LogP contribution in [0.25, 0.3) is 0 Å². The summed E-state index contributed by atoms with van der Waals surface area (Å²) in [5.74, 6) is -2.73. The third kappa shape index (κ3) is 8.42. The van der Waals surface area contributed by atoms with Crippen molar-refractivity contribution in [1.29, 1.82) is 0 Å². The number of piperidine rings is 1. The molecule has 12 heteroatoms. The van der Waals surface area contributed by atoms with Crippen LogP contribution in [0.2, 0.25) is 0 Å². The summed E-state index contributed by atoms with van der Waals surface area (Å²) in [6.45, 7) is 3.45. The summed E-state index contributed by atoms with van der Waals surface area (Å²) in [7, 11) is 1.32. The highest BCUT2D eigenvalue weighted by Crippen LogP contribution is 2.39. The molecule has 3 atom stereocenters. The van der Waals surface area contributed by atoms with Crippen LogP contribution in [-0.2, 0) is 39.8 Å². The molecular weight excluding hydrogens is 605 g/mol. The number of likely N-dealkylation sites (tertiary alicyclic amines) is 1. The zero-order valence-corrected chi connectivity index (χ0v) is 24.9. The number of halogens is 7. The van der Waals surface area contributed by atoms with Gasteiger partial charge in [-0.3, -0.25) is 14.5 Å². The lowest BCUT2D eigenvalue weighted by Gasteiger charge is -2.41. The van der Waals surface area contributed by atoms with E-state index in [2.05, 4.69) is 0 Å². The van der Waals surface area contributed by atoms with Gasteiger partial charge in [0, 0.05) is 32.0 Å². The molecular formula is C33H33F7N2O3. The topological polar surface area (TPSA) is 49.9 Å². The van der Waals surface area contributed by atoms with Crippen LogP contribution in [0.4, 0.5) is 30.7 Å². The van der Waals surface area contributed by atoms with Gasteiger partial charge in [0.1, 0.15) is 18.5 Å². The Labute approximate surface area is 256 Å². The molecule has 45 heavy (non-hydrogen) atoms. The maximum absolute atomic E-state index is 14.0. The minimum atomic E-state index is -5.02. The molecule has 1 saturated heterocycles. The number of ether oxygens (including phenoxy) is 1. The van der Waals surface area contributed by atoms with Gasteiger partial charge in [-0.05, 0) is 79.4 Å². The van der Waals surface area contributed by atoms with Crippen molar-refractivity contribution in [3.8, 4) is 0 Å². The second kappa shape index (κ2) is 13.6. The van der Waals surface area contributed by atoms with Crippen molar-refractivity contribution in [3.63, 3.8) is 0 Å². The molecule has 242 valence electrons. The Morgan fingerprint density at radius 3 is 2.13 bits per heavy atom. The second-order valence-electron chi connectivity index (χ2n) is 11.4. The summed E-state index contributed by atoms with van der Waals surface area (Å²) in [5, 5.41) is 0. The molecule has 0 spiro atoms. The lowest BCUT2D eigenvalue weighted by molar-refractivity contribution is -0.152. The predicted octanol–water partition coefficient (Wildman–Crippen LogP) is 7.37. The standard InChI is InChI=1S/C33H33F7N2O3/c1-20-13-26(34)9-10-27(20)29-18-42(21(2)31(44)45-19-22-7-5-4-6-8-22)12-11-28(29)30(43)41(3)17-23-14-24(32(35,36)37)16-25(15-23)33(38,39)40/h4-10,13-16,21,28-29H,11-12,17-19H2,1-3H3/t21?,28-,29+/m1/s1. The number of alkyl halides is 6. The molecule has 1 unspecified atom stereocenters. The summed E-state index contributed by atoms with van der Waals surface area (Å²) < 4.78 is 100.0. The quantitative estimate of drug-likeness (QED) is 0.191. The van der Waals surface area contributed by atoms with E-state index >= 15 is 0 Å². The van der Waals surface area contributed by atoms with Crippen LogP contribution in [-0.4, -0.2) is 47.9 Å². The van der Waals surface area contributed by atoms with Crippen molar-refractivity contribution < 1.29 is 45.1 Å². The summed E-state index contributed by atoms with van der Waals surface area (Å²) >= 11 is 0. The molecule has 0 saturated carbocycles. The molecule has 1 aliphatic heterocycles. The number of hydrogen-bond acceptors (Lipinski definition) is 4. The largest absolute Gasteiger partial charge is 0.460 e. The average Bonchev–Trinajstić information content (AvgIpc) is 2.98. The zero-order valence-electron chi connectivity index (χ0n) is 24.9. The summed E-state index contributed by atoms with van der Waals surface area (Å²) in [4.78, 5) is 29.7. The van der Waals surface area contributed by atoms with E-state index in [4.69, 9.17) is 4.74 Å². The summed E-state index contributed by atoms with van der Waals surface area (Å²) in [5.41, 5.74) is -1.22. The van der Waals surface area contributed by atoms with Gasteiger partial charge in [0.2, 0.25) is 5.91 Å². The highest BCUT2D eigenvalue weighted by Gasteiger charge is 2.41. The van der Waals surface area contributed by atoms with Crippen LogP contribution < -0.4 is 0 Å². The van der Waals surface area contributed by atoms with Gasteiger partial charge < -0.3 is 9.64 Å². The maximum Gasteiger partial charge on any atom is 0.416 e. The number of esters is 1. The van der Waals surface area contributed by atoms with Gasteiger partial charge >= 0.3 is 18.3 Å². The first-order valence-electron chi connectivity index (χ1n) is 14.3. The number of amides is 1. The highest BCUT2D eigenvalue weighted by atomic mass is 19.4. The van der Waals surface area contributed by atoms with E-state index in [-0.39, 0.29) is 31.2 Å². The van der Waals surface area contributed by atoms with Crippen molar-refractivity contribution in [2.75, 3.05) is 20.1 Å². The Balaban J connectivity index is 1.56. The number of hydrogen-bond donors (Lipinski definition) is 0. The average molecular weight is 639 g/mol. The van der Waals surface area contributed by atoms with E-state index in [9.17, 15) is 40.3 Å². The lowest BCUT2D eigenvalue weighted by Crippen LogP contribution is -2.50. The fourth-order valence-corrected chi connectivity index (χ4v) is 5.74. The molecule has 1 heterocycles. The number of nitrogens with zero attached hydrogens (tertiary/aromatic N) is 2. The third-order valence-corrected chi connectivity index (χ3v) is 8.15. The lowest BCUT2D eigenvalue weighted by atomic mass is 9.78. The molecule has 0 N–H and O–H groups in total. The molecule has 1 amide bonds. The van der Waals surface area contributed by atoms with Crippen LogP contribution in [0.3, 0.4) is 0 Å². The minimum Gasteiger partial charge on any atom is -0.460 e.